The molecule has 9 heavy (non-hydrogen) atoms. The number of allylic oxidation sites excluding steroid dienone is 2. The lowest BCUT2D eigenvalue weighted by atomic mass is 10.2. The van der Waals surface area contributed by atoms with Crippen molar-refractivity contribution in [2.24, 2.45) is 0 Å². The van der Waals surface area contributed by atoms with Crippen molar-refractivity contribution in [3.63, 3.8) is 0 Å². The number of unbranched alkanes of at least 4 members (excludes halogenated alkanes) is 1. The first kappa shape index (κ1) is 6.66. The summed E-state index contributed by atoms with van der Waals surface area (Å²) in [6, 6.07) is 0. The molecule has 0 bridgehead atoms. The number of ether oxygens (including phenoxy) is 1. The molecule has 0 atom stereocenters. The summed E-state index contributed by atoms with van der Waals surface area (Å²) in [5.41, 5.74) is 0. The molecule has 0 fully saturated rings. The van der Waals surface area contributed by atoms with E-state index >= 15 is 0 Å². The van der Waals surface area contributed by atoms with E-state index < -0.39 is 0 Å². The summed E-state index contributed by atoms with van der Waals surface area (Å²) in [5.74, 6) is 2.50. The zero-order valence-corrected chi connectivity index (χ0v) is 6.24. The molecule has 0 aromatic carbocycles. The summed E-state index contributed by atoms with van der Waals surface area (Å²) >= 11 is 0. The third kappa shape index (κ3) is 1.74. The third-order valence-corrected chi connectivity index (χ3v) is 1.59. The van der Waals surface area contributed by atoms with Gasteiger partial charge in [-0.25, -0.2) is 0 Å². The van der Waals surface area contributed by atoms with E-state index in [-0.39, 0.29) is 0 Å². The molecule has 0 aromatic heterocycles. The Morgan fingerprint density at radius 1 is 1.22 bits per heavy atom. The second-order valence-electron chi connectivity index (χ2n) is 2.41. The van der Waals surface area contributed by atoms with E-state index in [1.54, 1.807) is 0 Å². The number of hydrogen-bond acceptors (Lipinski definition) is 1. The largest absolute Gasteiger partial charge is 0.459 e. The fourth-order valence-corrected chi connectivity index (χ4v) is 0.920. The van der Waals surface area contributed by atoms with Crippen molar-refractivity contribution in [3.05, 3.63) is 11.5 Å². The number of hydrogen-bond donors (Lipinski definition) is 0. The highest BCUT2D eigenvalue weighted by molar-refractivity contribution is 5.16. The lowest BCUT2D eigenvalue weighted by Gasteiger charge is -1.83. The molecule has 0 spiro atoms. The van der Waals surface area contributed by atoms with Gasteiger partial charge in [-0.15, -0.1) is 0 Å². The quantitative estimate of drug-likeness (QED) is 0.564. The minimum atomic E-state index is 1.08. The first-order valence-corrected chi connectivity index (χ1v) is 3.78. The van der Waals surface area contributed by atoms with Crippen molar-refractivity contribution in [2.75, 3.05) is 0 Å². The Morgan fingerprint density at radius 3 is 2.44 bits per heavy atom. The Kier molecular flexibility index (Phi) is 2.15. The van der Waals surface area contributed by atoms with Crippen LogP contribution in [-0.4, -0.2) is 0 Å². The Morgan fingerprint density at radius 2 is 2.00 bits per heavy atom. The minimum Gasteiger partial charge on any atom is -0.459 e. The monoisotopic (exact) mass is 126 g/mol. The van der Waals surface area contributed by atoms with E-state index in [1.807, 2.05) is 0 Å². The molecule has 1 heteroatoms. The van der Waals surface area contributed by atoms with Gasteiger partial charge in [-0.05, 0) is 6.42 Å². The van der Waals surface area contributed by atoms with Gasteiger partial charge in [0.15, 0.2) is 0 Å². The normalized spacial score (nSPS) is 15.8. The first-order chi connectivity index (χ1) is 4.38. The molecule has 0 radical (unpaired) electrons. The van der Waals surface area contributed by atoms with E-state index in [0.29, 0.717) is 0 Å². The Bertz CT molecular complexity index is 125. The van der Waals surface area contributed by atoms with Gasteiger partial charge in [0.2, 0.25) is 0 Å². The molecule has 0 aromatic rings. The van der Waals surface area contributed by atoms with Crippen LogP contribution < -0.4 is 0 Å². The molecule has 52 valence electrons. The van der Waals surface area contributed by atoms with Crippen LogP contribution in [0, 0.1) is 0 Å². The molecular formula is C8H14O. The highest BCUT2D eigenvalue weighted by atomic mass is 16.6. The van der Waals surface area contributed by atoms with Crippen molar-refractivity contribution in [1.82, 2.24) is 0 Å². The van der Waals surface area contributed by atoms with Gasteiger partial charge in [0.25, 0.3) is 0 Å². The standard InChI is InChI=1S/C8H14O/c1-3-5-6-8-7(4-2)9-8/h3-6H2,1-2H3. The molecule has 0 saturated carbocycles. The van der Waals surface area contributed by atoms with Gasteiger partial charge in [-0.1, -0.05) is 20.3 Å². The summed E-state index contributed by atoms with van der Waals surface area (Å²) in [6.07, 6.45) is 4.79. The molecule has 0 saturated heterocycles. The van der Waals surface area contributed by atoms with Crippen LogP contribution in [-0.2, 0) is 4.74 Å². The number of rotatable bonds is 4. The van der Waals surface area contributed by atoms with E-state index in [4.69, 9.17) is 4.74 Å². The van der Waals surface area contributed by atoms with Crippen LogP contribution in [0.25, 0.3) is 0 Å². The Labute approximate surface area is 56.7 Å². The van der Waals surface area contributed by atoms with Crippen LogP contribution in [0.2, 0.25) is 0 Å². The fourth-order valence-electron chi connectivity index (χ4n) is 0.920. The van der Waals surface area contributed by atoms with Crippen molar-refractivity contribution in [1.29, 1.82) is 0 Å². The van der Waals surface area contributed by atoms with Crippen LogP contribution in [0.5, 0.6) is 0 Å². The molecule has 0 amide bonds. The molecule has 0 unspecified atom stereocenters. The molecule has 1 aliphatic rings. The highest BCUT2D eigenvalue weighted by Crippen LogP contribution is 2.32. The first-order valence-electron chi connectivity index (χ1n) is 3.78. The predicted molar refractivity (Wildman–Crippen MR) is 37.9 cm³/mol. The second-order valence-corrected chi connectivity index (χ2v) is 2.41. The van der Waals surface area contributed by atoms with Crippen molar-refractivity contribution in [2.45, 2.75) is 39.5 Å². The summed E-state index contributed by atoms with van der Waals surface area (Å²) < 4.78 is 5.20. The molecular weight excluding hydrogens is 112 g/mol. The van der Waals surface area contributed by atoms with Crippen LogP contribution in [0.4, 0.5) is 0 Å². The minimum absolute atomic E-state index is 1.08. The Balaban J connectivity index is 2.09. The molecule has 1 heterocycles. The molecule has 1 aliphatic heterocycles. The maximum Gasteiger partial charge on any atom is 0.142 e. The van der Waals surface area contributed by atoms with Crippen molar-refractivity contribution < 1.29 is 4.74 Å². The van der Waals surface area contributed by atoms with E-state index in [1.165, 1.54) is 30.8 Å². The second kappa shape index (κ2) is 2.90. The average Bonchev–Trinajstić information content (AvgIpc) is 2.62. The van der Waals surface area contributed by atoms with Gasteiger partial charge < -0.3 is 4.74 Å². The van der Waals surface area contributed by atoms with Crippen LogP contribution in [0.1, 0.15) is 39.5 Å². The lowest BCUT2D eigenvalue weighted by molar-refractivity contribution is 0.440. The van der Waals surface area contributed by atoms with Crippen molar-refractivity contribution >= 4 is 0 Å². The maximum absolute atomic E-state index is 5.20. The Hall–Kier alpha value is -0.460. The fraction of sp³-hybridized carbons (Fsp3) is 0.750. The lowest BCUT2D eigenvalue weighted by Crippen LogP contribution is -1.67. The van der Waals surface area contributed by atoms with Gasteiger partial charge in [0.1, 0.15) is 11.5 Å². The van der Waals surface area contributed by atoms with E-state index in [2.05, 4.69) is 13.8 Å². The average molecular weight is 126 g/mol. The van der Waals surface area contributed by atoms with Gasteiger partial charge in [0, 0.05) is 12.8 Å². The summed E-state index contributed by atoms with van der Waals surface area (Å²) in [4.78, 5) is 0. The molecule has 1 rings (SSSR count). The third-order valence-electron chi connectivity index (χ3n) is 1.59. The zero-order chi connectivity index (χ0) is 6.69. The van der Waals surface area contributed by atoms with Gasteiger partial charge >= 0.3 is 0 Å². The topological polar surface area (TPSA) is 12.5 Å². The van der Waals surface area contributed by atoms with E-state index in [9.17, 15) is 0 Å². The predicted octanol–water partition coefficient (Wildman–Crippen LogP) is 2.83. The molecule has 1 nitrogen and oxygen atoms in total. The smallest absolute Gasteiger partial charge is 0.142 e. The van der Waals surface area contributed by atoms with Gasteiger partial charge in [-0.2, -0.15) is 0 Å². The van der Waals surface area contributed by atoms with Crippen LogP contribution >= 0.6 is 0 Å². The maximum atomic E-state index is 5.20. The van der Waals surface area contributed by atoms with Gasteiger partial charge in [-0.3, -0.25) is 0 Å². The SMILES string of the molecule is CCCCC1=C(CC)O1. The van der Waals surface area contributed by atoms with Crippen molar-refractivity contribution in [3.8, 4) is 0 Å². The van der Waals surface area contributed by atoms with Crippen LogP contribution in [0.15, 0.2) is 11.5 Å². The van der Waals surface area contributed by atoms with E-state index in [0.717, 1.165) is 6.42 Å². The summed E-state index contributed by atoms with van der Waals surface area (Å²) in [6.45, 7) is 4.34. The highest BCUT2D eigenvalue weighted by Gasteiger charge is 2.20. The van der Waals surface area contributed by atoms with Gasteiger partial charge in [0.05, 0.1) is 0 Å². The summed E-state index contributed by atoms with van der Waals surface area (Å²) in [7, 11) is 0. The molecule has 0 aliphatic carbocycles. The van der Waals surface area contributed by atoms with Crippen LogP contribution in [0.3, 0.4) is 0 Å². The summed E-state index contributed by atoms with van der Waals surface area (Å²) in [5, 5.41) is 0. The molecule has 0 N–H and O–H groups in total. The zero-order valence-electron chi connectivity index (χ0n) is 6.24.